The molecule has 0 radical (unpaired) electrons. The second-order valence-electron chi connectivity index (χ2n) is 22.5. The number of fused-ring (bicyclic) bond motifs is 7. The van der Waals surface area contributed by atoms with Gasteiger partial charge < -0.3 is 79.5 Å². The molecule has 8 rings (SSSR count). The average molecular weight is 913 g/mol. The van der Waals surface area contributed by atoms with Crippen LogP contribution in [0.5, 0.6) is 0 Å². The molecule has 3 aliphatic heterocycles. The van der Waals surface area contributed by atoms with Crippen molar-refractivity contribution in [2.24, 2.45) is 50.2 Å². The van der Waals surface area contributed by atoms with Gasteiger partial charge in [0.05, 0.1) is 42.4 Å². The summed E-state index contributed by atoms with van der Waals surface area (Å²) in [5, 5.41) is 108. The number of carbonyl (C=O) groups excluding carboxylic acids is 1. The Morgan fingerprint density at radius 1 is 0.672 bits per heavy atom. The van der Waals surface area contributed by atoms with Crippen molar-refractivity contribution in [3.8, 4) is 0 Å². The second-order valence-corrected chi connectivity index (χ2v) is 22.5. The monoisotopic (exact) mass is 912 g/mol. The van der Waals surface area contributed by atoms with Gasteiger partial charge in [-0.2, -0.15) is 0 Å². The van der Waals surface area contributed by atoms with Gasteiger partial charge in [-0.25, -0.2) is 0 Å². The molecule has 10 N–H and O–H groups in total. The zero-order valence-electron chi connectivity index (χ0n) is 38.0. The maximum absolute atomic E-state index is 15.1. The largest absolute Gasteiger partial charge is 0.481 e. The maximum atomic E-state index is 15.1. The molecule has 64 heavy (non-hydrogen) atoms. The van der Waals surface area contributed by atoms with E-state index in [0.717, 1.165) is 6.42 Å². The molecule has 4 saturated carbocycles. The summed E-state index contributed by atoms with van der Waals surface area (Å²) in [7, 11) is 0. The number of allylic oxidation sites excluding steroid dienone is 2. The molecular formula is C46H72O18. The first-order chi connectivity index (χ1) is 29.8. The van der Waals surface area contributed by atoms with Crippen LogP contribution in [0, 0.1) is 50.2 Å². The van der Waals surface area contributed by atoms with Crippen LogP contribution >= 0.6 is 0 Å². The van der Waals surface area contributed by atoms with Gasteiger partial charge in [-0.05, 0) is 111 Å². The number of aliphatic hydroxyl groups is 9. The standard InChI is InChI=1S/C46H72O18/c1-20-33(62-36-31(53)28(50)24(48)18-59-36)30(52)32(54)37(61-20)63-34-29(51)25(49)19-60-38(34)64-40(58)46-14-12-41(2,3)16-22(46)21-8-9-26-42(4)17-23(47)35(55)45(7,39(56)57)27(42)10-11-44(26,6)43(21,5)13-15-46/h8,20,22-38,47-55H,9-19H2,1-7H3,(H,56,57)/t20-,22-,23-,24+,25-,26+,27+,28-,29-,30-,31+,32+,33-,34+,35-,36-,37-,38-,42+,43+,44+,45-,46-/m0/s1. The number of ether oxygens (including phenoxy) is 6. The predicted octanol–water partition coefficient (Wildman–Crippen LogP) is 0.482. The fourth-order valence-electron chi connectivity index (χ4n) is 14.4. The Hall–Kier alpha value is -1.88. The van der Waals surface area contributed by atoms with Gasteiger partial charge in [0.15, 0.2) is 18.7 Å². The van der Waals surface area contributed by atoms with E-state index in [1.54, 1.807) is 6.92 Å². The Morgan fingerprint density at radius 2 is 1.28 bits per heavy atom. The summed E-state index contributed by atoms with van der Waals surface area (Å²) in [5.41, 5.74) is -2.83. The highest BCUT2D eigenvalue weighted by Gasteiger charge is 2.72. The van der Waals surface area contributed by atoms with Crippen molar-refractivity contribution in [1.29, 1.82) is 0 Å². The van der Waals surface area contributed by atoms with Crippen molar-refractivity contribution in [3.05, 3.63) is 11.6 Å². The van der Waals surface area contributed by atoms with Gasteiger partial charge in [0.2, 0.25) is 6.29 Å². The topological polar surface area (TPSA) is 292 Å². The fourth-order valence-corrected chi connectivity index (χ4v) is 14.4. The number of esters is 1. The molecule has 7 fully saturated rings. The quantitative estimate of drug-likeness (QED) is 0.123. The van der Waals surface area contributed by atoms with E-state index in [2.05, 4.69) is 40.7 Å². The van der Waals surface area contributed by atoms with E-state index in [-0.39, 0.29) is 41.6 Å². The average Bonchev–Trinajstić information content (AvgIpc) is 3.22. The van der Waals surface area contributed by atoms with Crippen molar-refractivity contribution < 1.29 is 89.1 Å². The number of aliphatic carboxylic acids is 1. The summed E-state index contributed by atoms with van der Waals surface area (Å²) in [6, 6.07) is 0. The highest BCUT2D eigenvalue weighted by Crippen LogP contribution is 2.76. The van der Waals surface area contributed by atoms with Gasteiger partial charge in [0.25, 0.3) is 0 Å². The highest BCUT2D eigenvalue weighted by molar-refractivity contribution is 5.79. The first kappa shape index (κ1) is 48.6. The Bertz CT molecular complexity index is 1810. The van der Waals surface area contributed by atoms with E-state index >= 15 is 4.79 Å². The molecule has 0 aromatic rings. The smallest absolute Gasteiger partial charge is 0.315 e. The molecule has 23 atom stereocenters. The van der Waals surface area contributed by atoms with Gasteiger partial charge in [-0.1, -0.05) is 46.3 Å². The minimum atomic E-state index is -1.83. The number of carbonyl (C=O) groups is 2. The van der Waals surface area contributed by atoms with Crippen LogP contribution in [0.2, 0.25) is 0 Å². The lowest BCUT2D eigenvalue weighted by atomic mass is 9.33. The molecule has 0 aromatic heterocycles. The third-order valence-electron chi connectivity index (χ3n) is 18.6. The minimum absolute atomic E-state index is 0.0135. The Labute approximate surface area is 373 Å². The molecule has 0 amide bonds. The zero-order chi connectivity index (χ0) is 46.9. The predicted molar refractivity (Wildman–Crippen MR) is 220 cm³/mol. The van der Waals surface area contributed by atoms with Gasteiger partial charge >= 0.3 is 11.9 Å². The van der Waals surface area contributed by atoms with Crippen LogP contribution in [0.3, 0.4) is 0 Å². The molecule has 18 heteroatoms. The fraction of sp³-hybridized carbons (Fsp3) is 0.913. The highest BCUT2D eigenvalue weighted by atomic mass is 16.8. The van der Waals surface area contributed by atoms with Crippen LogP contribution in [-0.2, 0) is 38.0 Å². The number of rotatable bonds is 7. The molecule has 3 heterocycles. The lowest BCUT2D eigenvalue weighted by Crippen LogP contribution is -2.69. The van der Waals surface area contributed by atoms with Crippen molar-refractivity contribution >= 4 is 11.9 Å². The van der Waals surface area contributed by atoms with Gasteiger partial charge in [0.1, 0.15) is 48.8 Å². The van der Waals surface area contributed by atoms with Crippen molar-refractivity contribution in [2.75, 3.05) is 13.2 Å². The van der Waals surface area contributed by atoms with E-state index in [9.17, 15) is 55.9 Å². The summed E-state index contributed by atoms with van der Waals surface area (Å²) in [5.74, 6) is -2.28. The van der Waals surface area contributed by atoms with Crippen LogP contribution in [-0.4, -0.2) is 168 Å². The van der Waals surface area contributed by atoms with E-state index < -0.39 is 132 Å². The van der Waals surface area contributed by atoms with Crippen molar-refractivity contribution in [3.63, 3.8) is 0 Å². The molecule has 364 valence electrons. The summed E-state index contributed by atoms with van der Waals surface area (Å²) in [4.78, 5) is 28.0. The lowest BCUT2D eigenvalue weighted by Gasteiger charge is -2.71. The van der Waals surface area contributed by atoms with Gasteiger partial charge in [0, 0.05) is 0 Å². The van der Waals surface area contributed by atoms with E-state index in [1.807, 2.05) is 0 Å². The molecule has 0 bridgehead atoms. The summed E-state index contributed by atoms with van der Waals surface area (Å²) in [6.07, 6.45) is -15.1. The molecule has 0 aromatic carbocycles. The first-order valence-corrected chi connectivity index (χ1v) is 23.2. The van der Waals surface area contributed by atoms with Crippen LogP contribution in [0.1, 0.15) is 106 Å². The van der Waals surface area contributed by atoms with E-state index in [1.165, 1.54) is 12.5 Å². The Kier molecular flexibility index (Phi) is 12.7. The van der Waals surface area contributed by atoms with Gasteiger partial charge in [-0.15, -0.1) is 0 Å². The van der Waals surface area contributed by atoms with Crippen molar-refractivity contribution in [2.45, 2.75) is 198 Å². The van der Waals surface area contributed by atoms with Crippen LogP contribution < -0.4 is 0 Å². The van der Waals surface area contributed by atoms with E-state index in [4.69, 9.17) is 28.4 Å². The third-order valence-corrected chi connectivity index (χ3v) is 18.6. The molecule has 18 nitrogen and oxygen atoms in total. The maximum Gasteiger partial charge on any atom is 0.315 e. The minimum Gasteiger partial charge on any atom is -0.481 e. The number of carboxylic acid groups (broad SMARTS) is 1. The molecule has 8 aliphatic rings. The SMILES string of the molecule is C[C@@H]1O[C@@H](O[C@H]2[C@H](OC(=O)[C@]34CCC(C)(C)C[C@H]3C3=CC[C@@H]5[C@@]6(C)C[C@H](O)[C@H](O)[C@@](C)(C(=O)O)[C@@H]6CC[C@@]5(C)[C@]3(C)CC4)OC[C@H](O)[C@@H]2O)[C@H](O)[C@H](O)[C@H]1O[C@@H]1OC[C@@H](O)[C@H](O)[C@H]1O. The summed E-state index contributed by atoms with van der Waals surface area (Å²) < 4.78 is 35.1. The number of hydrogen-bond acceptors (Lipinski definition) is 17. The molecule has 0 unspecified atom stereocenters. The number of carboxylic acids is 1. The number of hydrogen-bond donors (Lipinski definition) is 10. The zero-order valence-corrected chi connectivity index (χ0v) is 38.0. The van der Waals surface area contributed by atoms with Gasteiger partial charge in [-0.3, -0.25) is 9.59 Å². The number of aliphatic hydroxyl groups excluding tert-OH is 9. The summed E-state index contributed by atoms with van der Waals surface area (Å²) >= 11 is 0. The molecule has 0 spiro atoms. The third kappa shape index (κ3) is 7.26. The Balaban J connectivity index is 1.04. The second kappa shape index (κ2) is 16.7. The first-order valence-electron chi connectivity index (χ1n) is 23.2. The Morgan fingerprint density at radius 3 is 1.95 bits per heavy atom. The normalized spacial score (nSPS) is 54.8. The molecular weight excluding hydrogens is 840 g/mol. The molecule has 5 aliphatic carbocycles. The lowest BCUT2D eigenvalue weighted by molar-refractivity contribution is -0.368. The van der Waals surface area contributed by atoms with Crippen LogP contribution in [0.4, 0.5) is 0 Å². The van der Waals surface area contributed by atoms with Crippen LogP contribution in [0.25, 0.3) is 0 Å². The van der Waals surface area contributed by atoms with E-state index in [0.29, 0.717) is 44.9 Å². The summed E-state index contributed by atoms with van der Waals surface area (Å²) in [6.45, 7) is 13.4. The molecule has 3 saturated heterocycles. The van der Waals surface area contributed by atoms with Crippen LogP contribution in [0.15, 0.2) is 11.6 Å². The van der Waals surface area contributed by atoms with Crippen molar-refractivity contribution in [1.82, 2.24) is 0 Å².